The van der Waals surface area contributed by atoms with Crippen LogP contribution in [-0.2, 0) is 28.5 Å². The van der Waals surface area contributed by atoms with E-state index in [1.54, 1.807) is 24.3 Å². The van der Waals surface area contributed by atoms with Gasteiger partial charge in [0.2, 0.25) is 0 Å². The maximum atomic E-state index is 13.0. The zero-order valence-electron chi connectivity index (χ0n) is 21.0. The molecule has 1 aliphatic carbocycles. The Morgan fingerprint density at radius 1 is 1.06 bits per heavy atom. The normalized spacial score (nSPS) is 15.5. The molecule has 1 fully saturated rings. The Kier molecular flexibility index (Phi) is 7.83. The topological polar surface area (TPSA) is 96.2 Å². The predicted octanol–water partition coefficient (Wildman–Crippen LogP) is 4.80. The highest BCUT2D eigenvalue weighted by atomic mass is 32.2. The monoisotopic (exact) mass is 498 g/mol. The largest absolute Gasteiger partial charge is 0.395 e. The summed E-state index contributed by atoms with van der Waals surface area (Å²) < 4.78 is 31.1. The second-order valence-electron chi connectivity index (χ2n) is 10.7. The van der Waals surface area contributed by atoms with E-state index < -0.39 is 10.0 Å². The zero-order valence-corrected chi connectivity index (χ0v) is 21.9. The van der Waals surface area contributed by atoms with E-state index in [2.05, 4.69) is 35.4 Å². The molecule has 1 saturated carbocycles. The summed E-state index contributed by atoms with van der Waals surface area (Å²) in [6.45, 7) is 8.64. The molecule has 8 heteroatoms. The fourth-order valence-electron chi connectivity index (χ4n) is 4.89. The van der Waals surface area contributed by atoms with E-state index in [-0.39, 0.29) is 16.9 Å². The Balaban J connectivity index is 1.57. The molecule has 1 aromatic heterocycles. The zero-order chi connectivity index (χ0) is 25.1. The van der Waals surface area contributed by atoms with Crippen LogP contribution < -0.4 is 10.0 Å². The predicted molar refractivity (Wildman–Crippen MR) is 141 cm³/mol. The molecule has 0 unspecified atom stereocenters. The molecule has 0 spiro atoms. The maximum absolute atomic E-state index is 13.0. The second kappa shape index (κ2) is 10.7. The number of fused-ring (bicyclic) bond motifs is 1. The number of nitrogens with zero attached hydrogens (tertiary/aromatic N) is 2. The van der Waals surface area contributed by atoms with Crippen LogP contribution in [0.15, 0.2) is 47.4 Å². The summed E-state index contributed by atoms with van der Waals surface area (Å²) in [5, 5.41) is 12.0. The minimum Gasteiger partial charge on any atom is -0.395 e. The molecule has 0 saturated heterocycles. The lowest BCUT2D eigenvalue weighted by molar-refractivity contribution is 0.292. The van der Waals surface area contributed by atoms with Gasteiger partial charge in [-0.15, -0.1) is 0 Å². The number of rotatable bonds is 9. The average Bonchev–Trinajstić information content (AvgIpc) is 3.18. The van der Waals surface area contributed by atoms with Crippen LogP contribution in [0.5, 0.6) is 0 Å². The minimum absolute atomic E-state index is 0.0663. The minimum atomic E-state index is -3.72. The molecule has 0 radical (unpaired) electrons. The van der Waals surface area contributed by atoms with Crippen molar-refractivity contribution in [1.29, 1.82) is 0 Å². The SMILES string of the molecule is CC(C)(C)c1nc2cc(NS(=O)(=O)c3ccc(CNCCO)cc3)ccc2n1CC1CCCCC1. The average molecular weight is 499 g/mol. The molecule has 1 aliphatic rings. The number of imidazole rings is 1. The Hall–Kier alpha value is -2.42. The lowest BCUT2D eigenvalue weighted by atomic mass is 9.88. The van der Waals surface area contributed by atoms with Gasteiger partial charge in [-0.2, -0.15) is 0 Å². The summed E-state index contributed by atoms with van der Waals surface area (Å²) in [6, 6.07) is 12.4. The van der Waals surface area contributed by atoms with Gasteiger partial charge in [0, 0.05) is 25.0 Å². The molecule has 0 amide bonds. The molecule has 0 bridgehead atoms. The van der Waals surface area contributed by atoms with Crippen molar-refractivity contribution < 1.29 is 13.5 Å². The number of benzene rings is 2. The summed E-state index contributed by atoms with van der Waals surface area (Å²) in [5.74, 6) is 1.71. The van der Waals surface area contributed by atoms with E-state index in [4.69, 9.17) is 10.1 Å². The van der Waals surface area contributed by atoms with Gasteiger partial charge in [-0.05, 0) is 54.7 Å². The summed E-state index contributed by atoms with van der Waals surface area (Å²) in [7, 11) is -3.72. The van der Waals surface area contributed by atoms with Crippen LogP contribution in [0.2, 0.25) is 0 Å². The van der Waals surface area contributed by atoms with Gasteiger partial charge in [0.1, 0.15) is 5.82 Å². The third-order valence-electron chi connectivity index (χ3n) is 6.69. The Morgan fingerprint density at radius 2 is 1.77 bits per heavy atom. The van der Waals surface area contributed by atoms with Gasteiger partial charge in [-0.25, -0.2) is 13.4 Å². The lowest BCUT2D eigenvalue weighted by Crippen LogP contribution is -2.22. The van der Waals surface area contributed by atoms with Crippen molar-refractivity contribution in [1.82, 2.24) is 14.9 Å². The van der Waals surface area contributed by atoms with E-state index in [0.717, 1.165) is 29.0 Å². The number of sulfonamides is 1. The second-order valence-corrected chi connectivity index (χ2v) is 12.3. The van der Waals surface area contributed by atoms with Crippen molar-refractivity contribution in [3.63, 3.8) is 0 Å². The van der Waals surface area contributed by atoms with E-state index >= 15 is 0 Å². The van der Waals surface area contributed by atoms with Crippen molar-refractivity contribution in [2.75, 3.05) is 17.9 Å². The first-order chi connectivity index (χ1) is 16.7. The van der Waals surface area contributed by atoms with Crippen LogP contribution >= 0.6 is 0 Å². The number of anilines is 1. The van der Waals surface area contributed by atoms with Gasteiger partial charge in [-0.1, -0.05) is 52.2 Å². The first kappa shape index (κ1) is 25.7. The standard InChI is InChI=1S/C27H38N4O3S/c1-27(2,3)26-29-24-17-22(11-14-25(24)31(26)19-21-7-5-4-6-8-21)30-35(33,34)23-12-9-20(10-13-23)18-28-15-16-32/h9-14,17,21,28,30,32H,4-8,15-16,18-19H2,1-3H3. The third-order valence-corrected chi connectivity index (χ3v) is 8.09. The summed E-state index contributed by atoms with van der Waals surface area (Å²) in [5.41, 5.74) is 3.23. The Morgan fingerprint density at radius 3 is 2.43 bits per heavy atom. The Labute approximate surface area is 209 Å². The number of aromatic nitrogens is 2. The summed E-state index contributed by atoms with van der Waals surface area (Å²) >= 11 is 0. The molecule has 7 nitrogen and oxygen atoms in total. The number of aliphatic hydroxyl groups excluding tert-OH is 1. The lowest BCUT2D eigenvalue weighted by Gasteiger charge is -2.26. The van der Waals surface area contributed by atoms with Gasteiger partial charge >= 0.3 is 0 Å². The van der Waals surface area contributed by atoms with Crippen molar-refractivity contribution in [3.05, 3.63) is 53.9 Å². The number of hydrogen-bond acceptors (Lipinski definition) is 5. The number of nitrogens with one attached hydrogen (secondary N) is 2. The highest BCUT2D eigenvalue weighted by molar-refractivity contribution is 7.92. The van der Waals surface area contributed by atoms with Gasteiger partial charge in [0.25, 0.3) is 10.0 Å². The molecule has 2 aromatic carbocycles. The molecule has 3 N–H and O–H groups in total. The summed E-state index contributed by atoms with van der Waals surface area (Å²) in [6.07, 6.45) is 6.46. The fourth-order valence-corrected chi connectivity index (χ4v) is 5.94. The fraction of sp³-hybridized carbons (Fsp3) is 0.519. The molecular formula is C27H38N4O3S. The van der Waals surface area contributed by atoms with Crippen molar-refractivity contribution in [2.24, 2.45) is 5.92 Å². The van der Waals surface area contributed by atoms with Gasteiger partial charge in [0.15, 0.2) is 0 Å². The molecule has 4 rings (SSSR count). The van der Waals surface area contributed by atoms with Crippen LogP contribution in [0, 0.1) is 5.92 Å². The molecule has 3 aromatic rings. The van der Waals surface area contributed by atoms with Gasteiger partial charge in [0.05, 0.1) is 28.2 Å². The number of aliphatic hydroxyl groups is 1. The Bertz CT molecular complexity index is 1240. The summed E-state index contributed by atoms with van der Waals surface area (Å²) in [4.78, 5) is 5.17. The van der Waals surface area contributed by atoms with E-state index in [9.17, 15) is 8.42 Å². The number of hydrogen-bond donors (Lipinski definition) is 3. The van der Waals surface area contributed by atoms with Crippen LogP contribution in [0.25, 0.3) is 11.0 Å². The van der Waals surface area contributed by atoms with E-state index in [1.165, 1.54) is 32.1 Å². The van der Waals surface area contributed by atoms with E-state index in [0.29, 0.717) is 24.7 Å². The van der Waals surface area contributed by atoms with Crippen LogP contribution in [0.1, 0.15) is 64.3 Å². The molecule has 1 heterocycles. The molecular weight excluding hydrogens is 460 g/mol. The first-order valence-corrected chi connectivity index (χ1v) is 14.1. The molecule has 35 heavy (non-hydrogen) atoms. The van der Waals surface area contributed by atoms with Crippen molar-refractivity contribution in [3.8, 4) is 0 Å². The highest BCUT2D eigenvalue weighted by Crippen LogP contribution is 2.32. The van der Waals surface area contributed by atoms with Crippen LogP contribution in [0.3, 0.4) is 0 Å². The first-order valence-electron chi connectivity index (χ1n) is 12.6. The molecule has 0 aliphatic heterocycles. The highest BCUT2D eigenvalue weighted by Gasteiger charge is 2.25. The van der Waals surface area contributed by atoms with Gasteiger partial charge < -0.3 is 15.0 Å². The van der Waals surface area contributed by atoms with Crippen molar-refractivity contribution >= 4 is 26.7 Å². The smallest absolute Gasteiger partial charge is 0.261 e. The van der Waals surface area contributed by atoms with E-state index in [1.807, 2.05) is 18.2 Å². The quantitative estimate of drug-likeness (QED) is 0.369. The van der Waals surface area contributed by atoms with Gasteiger partial charge in [-0.3, -0.25) is 4.72 Å². The van der Waals surface area contributed by atoms with Crippen LogP contribution in [0.4, 0.5) is 5.69 Å². The third kappa shape index (κ3) is 6.23. The molecule has 190 valence electrons. The van der Waals surface area contributed by atoms with Crippen molar-refractivity contribution in [2.45, 2.75) is 76.3 Å². The maximum Gasteiger partial charge on any atom is 0.261 e. The molecule has 0 atom stereocenters. The van der Waals surface area contributed by atoms with Crippen LogP contribution in [-0.4, -0.2) is 36.2 Å².